The molecule has 0 saturated carbocycles. The van der Waals surface area contributed by atoms with Gasteiger partial charge in [0.05, 0.1) is 30.2 Å². The Balaban J connectivity index is 1.79. The van der Waals surface area contributed by atoms with Crippen molar-refractivity contribution in [1.82, 2.24) is 24.4 Å². The lowest BCUT2D eigenvalue weighted by Crippen LogP contribution is -2.21. The molecule has 1 aromatic carbocycles. The maximum Gasteiger partial charge on any atom is 0.157 e. The molecule has 1 N–H and O–H groups in total. The van der Waals surface area contributed by atoms with Gasteiger partial charge in [-0.05, 0) is 18.2 Å². The Morgan fingerprint density at radius 3 is 2.70 bits per heavy atom. The van der Waals surface area contributed by atoms with E-state index in [0.29, 0.717) is 29.3 Å². The van der Waals surface area contributed by atoms with Gasteiger partial charge in [0.2, 0.25) is 0 Å². The Hall–Kier alpha value is -3.26. The molecule has 0 aliphatic rings. The highest BCUT2D eigenvalue weighted by Crippen LogP contribution is 2.27. The molecule has 4 aromatic rings. The number of ether oxygens (including phenoxy) is 1. The Morgan fingerprint density at radius 1 is 1.15 bits per heavy atom. The monoisotopic (exact) mass is 366 g/mol. The summed E-state index contributed by atoms with van der Waals surface area (Å²) in [6, 6.07) is 11.9. The van der Waals surface area contributed by atoms with Gasteiger partial charge in [0, 0.05) is 38.1 Å². The predicted molar refractivity (Wildman–Crippen MR) is 99.8 cm³/mol. The molecule has 27 heavy (non-hydrogen) atoms. The third-order valence-electron chi connectivity index (χ3n) is 4.38. The van der Waals surface area contributed by atoms with Crippen LogP contribution >= 0.6 is 0 Å². The van der Waals surface area contributed by atoms with Crippen LogP contribution in [0.5, 0.6) is 0 Å². The molecule has 0 aliphatic carbocycles. The van der Waals surface area contributed by atoms with Gasteiger partial charge in [-0.1, -0.05) is 12.1 Å². The van der Waals surface area contributed by atoms with E-state index < -0.39 is 0 Å². The lowest BCUT2D eigenvalue weighted by molar-refractivity contribution is 0.184. The molecule has 0 amide bonds. The fraction of sp³-hybridized carbons (Fsp3) is 0.211. The molecule has 8 heteroatoms. The number of fused-ring (bicyclic) bond motifs is 1. The van der Waals surface area contributed by atoms with Crippen LogP contribution in [0.1, 0.15) is 11.7 Å². The topological polar surface area (TPSA) is 69.3 Å². The van der Waals surface area contributed by atoms with Crippen LogP contribution in [-0.4, -0.2) is 38.1 Å². The van der Waals surface area contributed by atoms with E-state index >= 15 is 0 Å². The summed E-state index contributed by atoms with van der Waals surface area (Å²) in [5, 5.41) is 12.0. The molecule has 0 unspecified atom stereocenters. The summed E-state index contributed by atoms with van der Waals surface area (Å²) in [5.74, 6) is 0.367. The average Bonchev–Trinajstić information content (AvgIpc) is 3.30. The fourth-order valence-corrected chi connectivity index (χ4v) is 3.09. The summed E-state index contributed by atoms with van der Waals surface area (Å²) < 4.78 is 23.1. The minimum atomic E-state index is -0.320. The molecule has 0 saturated heterocycles. The van der Waals surface area contributed by atoms with E-state index in [1.807, 2.05) is 13.1 Å². The molecule has 4 rings (SSSR count). The van der Waals surface area contributed by atoms with Gasteiger partial charge in [-0.15, -0.1) is 0 Å². The van der Waals surface area contributed by atoms with E-state index in [9.17, 15) is 4.39 Å². The Labute approximate surface area is 155 Å². The number of halogens is 1. The highest BCUT2D eigenvalue weighted by atomic mass is 19.1. The molecule has 3 heterocycles. The number of hydrogen-bond acceptors (Lipinski definition) is 5. The van der Waals surface area contributed by atoms with Crippen LogP contribution in [0, 0.1) is 5.82 Å². The molecule has 0 bridgehead atoms. The van der Waals surface area contributed by atoms with Gasteiger partial charge in [0.25, 0.3) is 0 Å². The molecule has 0 fully saturated rings. The number of anilines is 1. The van der Waals surface area contributed by atoms with Crippen LogP contribution in [0.4, 0.5) is 10.2 Å². The van der Waals surface area contributed by atoms with Crippen LogP contribution in [0.3, 0.4) is 0 Å². The summed E-state index contributed by atoms with van der Waals surface area (Å²) >= 11 is 0. The van der Waals surface area contributed by atoms with Crippen molar-refractivity contribution in [3.63, 3.8) is 0 Å². The second-order valence-electron chi connectivity index (χ2n) is 6.14. The fourth-order valence-electron chi connectivity index (χ4n) is 3.09. The van der Waals surface area contributed by atoms with Crippen LogP contribution in [-0.2, 0) is 11.8 Å². The van der Waals surface area contributed by atoms with Crippen molar-refractivity contribution in [2.75, 3.05) is 19.0 Å². The zero-order valence-corrected chi connectivity index (χ0v) is 15.0. The number of nitrogens with zero attached hydrogens (tertiary/aromatic N) is 5. The molecule has 3 aromatic heterocycles. The minimum Gasteiger partial charge on any atom is -0.382 e. The first-order chi connectivity index (χ1) is 13.2. The van der Waals surface area contributed by atoms with Crippen molar-refractivity contribution in [2.45, 2.75) is 6.04 Å². The number of rotatable bonds is 6. The van der Waals surface area contributed by atoms with Crippen molar-refractivity contribution in [2.24, 2.45) is 7.05 Å². The first kappa shape index (κ1) is 17.2. The highest BCUT2D eigenvalue weighted by Gasteiger charge is 2.18. The van der Waals surface area contributed by atoms with Crippen molar-refractivity contribution in [3.05, 3.63) is 66.4 Å². The molecule has 0 radical (unpaired) electrons. The smallest absolute Gasteiger partial charge is 0.157 e. The van der Waals surface area contributed by atoms with E-state index in [1.165, 1.54) is 6.07 Å². The molecular weight excluding hydrogens is 347 g/mol. The van der Waals surface area contributed by atoms with E-state index in [-0.39, 0.29) is 11.9 Å². The van der Waals surface area contributed by atoms with Gasteiger partial charge in [-0.25, -0.2) is 9.37 Å². The van der Waals surface area contributed by atoms with Gasteiger partial charge < -0.3 is 10.1 Å². The average molecular weight is 366 g/mol. The number of hydrogen-bond donors (Lipinski definition) is 1. The molecule has 7 nitrogen and oxygen atoms in total. The third kappa shape index (κ3) is 3.26. The quantitative estimate of drug-likeness (QED) is 0.568. The van der Waals surface area contributed by atoms with Crippen molar-refractivity contribution in [1.29, 1.82) is 0 Å². The minimum absolute atomic E-state index is 0.161. The summed E-state index contributed by atoms with van der Waals surface area (Å²) in [5.41, 5.74) is 2.55. The number of methoxy groups -OCH3 is 1. The van der Waals surface area contributed by atoms with Gasteiger partial charge >= 0.3 is 0 Å². The number of nitrogens with one attached hydrogen (secondary N) is 1. The Bertz CT molecular complexity index is 1070. The number of aryl methyl sites for hydroxylation is 1. The van der Waals surface area contributed by atoms with Crippen LogP contribution in [0.15, 0.2) is 54.9 Å². The summed E-state index contributed by atoms with van der Waals surface area (Å²) in [6.07, 6.45) is 3.40. The SMILES string of the molecule is COC[C@@H](Nc1cc(-c2ccccc2F)nc2ccnn12)c1ccnn1C. The zero-order valence-electron chi connectivity index (χ0n) is 15.0. The van der Waals surface area contributed by atoms with Gasteiger partial charge in [0.15, 0.2) is 5.65 Å². The van der Waals surface area contributed by atoms with E-state index in [2.05, 4.69) is 20.5 Å². The second kappa shape index (κ2) is 7.16. The Morgan fingerprint density at radius 2 is 1.96 bits per heavy atom. The second-order valence-corrected chi connectivity index (χ2v) is 6.14. The van der Waals surface area contributed by atoms with Gasteiger partial charge in [0.1, 0.15) is 11.6 Å². The van der Waals surface area contributed by atoms with Gasteiger partial charge in [-0.2, -0.15) is 14.7 Å². The van der Waals surface area contributed by atoms with Crippen molar-refractivity contribution >= 4 is 11.5 Å². The van der Waals surface area contributed by atoms with Crippen LogP contribution < -0.4 is 5.32 Å². The van der Waals surface area contributed by atoms with E-state index in [1.54, 1.807) is 59.0 Å². The highest BCUT2D eigenvalue weighted by molar-refractivity contribution is 5.67. The molecule has 0 spiro atoms. The lowest BCUT2D eigenvalue weighted by atomic mass is 10.1. The largest absolute Gasteiger partial charge is 0.382 e. The summed E-state index contributed by atoms with van der Waals surface area (Å²) in [4.78, 5) is 4.53. The zero-order chi connectivity index (χ0) is 18.8. The van der Waals surface area contributed by atoms with Crippen molar-refractivity contribution < 1.29 is 9.13 Å². The number of aromatic nitrogens is 5. The lowest BCUT2D eigenvalue weighted by Gasteiger charge is -2.20. The maximum absolute atomic E-state index is 14.3. The van der Waals surface area contributed by atoms with Gasteiger partial charge in [-0.3, -0.25) is 4.68 Å². The molecule has 1 atom stereocenters. The van der Waals surface area contributed by atoms with E-state index in [0.717, 1.165) is 5.69 Å². The predicted octanol–water partition coefficient (Wildman–Crippen LogP) is 3.07. The standard InChI is InChI=1S/C19H19FN6O/c1-25-17(7-9-21-25)16(12-27-2)24-19-11-15(13-5-3-4-6-14(13)20)23-18-8-10-22-26(18)19/h3-11,16,24H,12H2,1-2H3/t16-/m1/s1. The summed E-state index contributed by atoms with van der Waals surface area (Å²) in [7, 11) is 3.52. The molecule has 138 valence electrons. The molecule has 0 aliphatic heterocycles. The third-order valence-corrected chi connectivity index (χ3v) is 4.38. The first-order valence-electron chi connectivity index (χ1n) is 8.50. The first-order valence-corrected chi connectivity index (χ1v) is 8.50. The maximum atomic E-state index is 14.3. The molecular formula is C19H19FN6O. The Kier molecular flexibility index (Phi) is 4.55. The van der Waals surface area contributed by atoms with Crippen molar-refractivity contribution in [3.8, 4) is 11.3 Å². The normalized spacial score (nSPS) is 12.4. The summed E-state index contributed by atoms with van der Waals surface area (Å²) in [6.45, 7) is 0.430. The van der Waals surface area contributed by atoms with E-state index in [4.69, 9.17) is 4.74 Å². The number of benzene rings is 1. The van der Waals surface area contributed by atoms with Crippen LogP contribution in [0.25, 0.3) is 16.9 Å². The van der Waals surface area contributed by atoms with Crippen LogP contribution in [0.2, 0.25) is 0 Å².